The van der Waals surface area contributed by atoms with Crippen LogP contribution in [0, 0.1) is 0 Å². The van der Waals surface area contributed by atoms with E-state index in [1.165, 1.54) is 16.5 Å². The van der Waals surface area contributed by atoms with E-state index in [1.807, 2.05) is 24.3 Å². The van der Waals surface area contributed by atoms with Gasteiger partial charge < -0.3 is 14.0 Å². The molecule has 0 amide bonds. The molecular formula is C23H21N7O4. The summed E-state index contributed by atoms with van der Waals surface area (Å²) >= 11 is 0. The van der Waals surface area contributed by atoms with Gasteiger partial charge >= 0.3 is 0 Å². The van der Waals surface area contributed by atoms with Crippen LogP contribution in [0.2, 0.25) is 0 Å². The lowest BCUT2D eigenvalue weighted by atomic mass is 10.1. The smallest absolute Gasteiger partial charge is 0.284 e. The summed E-state index contributed by atoms with van der Waals surface area (Å²) in [6.45, 7) is 2.12. The van der Waals surface area contributed by atoms with Gasteiger partial charge in [0.15, 0.2) is 11.2 Å². The van der Waals surface area contributed by atoms with Gasteiger partial charge in [0, 0.05) is 6.07 Å². The average Bonchev–Trinajstić information content (AvgIpc) is 3.53. The second-order valence-electron chi connectivity index (χ2n) is 7.45. The summed E-state index contributed by atoms with van der Waals surface area (Å²) < 4.78 is 18.9. The number of aromatic nitrogens is 7. The lowest BCUT2D eigenvalue weighted by molar-refractivity contribution is 0.369. The molecule has 2 aromatic carbocycles. The molecule has 0 N–H and O–H groups in total. The van der Waals surface area contributed by atoms with Crippen LogP contribution < -0.4 is 15.0 Å². The van der Waals surface area contributed by atoms with Gasteiger partial charge in [0.05, 0.1) is 25.5 Å². The molecule has 0 unspecified atom stereocenters. The monoisotopic (exact) mass is 459 g/mol. The Morgan fingerprint density at radius 3 is 2.62 bits per heavy atom. The number of methoxy groups -OCH3 is 2. The van der Waals surface area contributed by atoms with Gasteiger partial charge in [-0.25, -0.2) is 4.98 Å². The SMILES string of the molecule is CCc1ccc(-n2nnc3c(=O)n(Cc4nc(-c5ccc(OC)cc5OC)no4)cnc32)cc1. The zero-order chi connectivity index (χ0) is 23.7. The van der Waals surface area contributed by atoms with Crippen molar-refractivity contribution in [2.24, 2.45) is 0 Å². The lowest BCUT2D eigenvalue weighted by Gasteiger charge is -2.07. The Hall–Kier alpha value is -4.54. The fourth-order valence-electron chi connectivity index (χ4n) is 3.56. The van der Waals surface area contributed by atoms with Crippen molar-refractivity contribution in [3.63, 3.8) is 0 Å². The molecule has 0 saturated carbocycles. The van der Waals surface area contributed by atoms with Crippen molar-refractivity contribution in [1.82, 2.24) is 34.7 Å². The third kappa shape index (κ3) is 3.76. The third-order valence-corrected chi connectivity index (χ3v) is 5.44. The molecule has 5 aromatic rings. The van der Waals surface area contributed by atoms with Gasteiger partial charge in [-0.1, -0.05) is 29.4 Å². The Morgan fingerprint density at radius 2 is 1.88 bits per heavy atom. The molecule has 172 valence electrons. The van der Waals surface area contributed by atoms with E-state index in [2.05, 4.69) is 32.4 Å². The average molecular weight is 459 g/mol. The normalized spacial score (nSPS) is 11.1. The molecule has 0 aliphatic rings. The first-order chi connectivity index (χ1) is 16.6. The van der Waals surface area contributed by atoms with Gasteiger partial charge in [-0.15, -0.1) is 5.10 Å². The van der Waals surface area contributed by atoms with Crippen LogP contribution in [0.1, 0.15) is 18.4 Å². The van der Waals surface area contributed by atoms with E-state index in [0.717, 1.165) is 12.1 Å². The predicted molar refractivity (Wildman–Crippen MR) is 122 cm³/mol. The highest BCUT2D eigenvalue weighted by Gasteiger charge is 2.17. The van der Waals surface area contributed by atoms with Crippen molar-refractivity contribution < 1.29 is 14.0 Å². The standard InChI is InChI=1S/C23H21N7O4/c1-4-14-5-7-15(8-6-14)30-22-20(26-28-30)23(31)29(13-24-22)12-19-25-21(27-34-19)17-10-9-16(32-2)11-18(17)33-3/h5-11,13H,4,12H2,1-3H3. The van der Waals surface area contributed by atoms with Crippen molar-refractivity contribution in [2.75, 3.05) is 14.2 Å². The Labute approximate surface area is 193 Å². The van der Waals surface area contributed by atoms with Gasteiger partial charge in [-0.05, 0) is 36.2 Å². The van der Waals surface area contributed by atoms with Gasteiger partial charge in [-0.2, -0.15) is 9.67 Å². The Morgan fingerprint density at radius 1 is 1.06 bits per heavy atom. The quantitative estimate of drug-likeness (QED) is 0.361. The molecule has 0 saturated heterocycles. The maximum absolute atomic E-state index is 13.0. The molecule has 11 nitrogen and oxygen atoms in total. The number of aryl methyl sites for hydroxylation is 1. The second kappa shape index (κ2) is 8.77. The van der Waals surface area contributed by atoms with E-state index in [1.54, 1.807) is 37.1 Å². The number of ether oxygens (including phenoxy) is 2. The molecule has 11 heteroatoms. The van der Waals surface area contributed by atoms with Gasteiger partial charge in [0.1, 0.15) is 24.4 Å². The van der Waals surface area contributed by atoms with Crippen LogP contribution in [0.4, 0.5) is 0 Å². The fraction of sp³-hybridized carbons (Fsp3) is 0.217. The highest BCUT2D eigenvalue weighted by Crippen LogP contribution is 2.31. The number of hydrogen-bond acceptors (Lipinski definition) is 9. The zero-order valence-electron chi connectivity index (χ0n) is 18.8. The summed E-state index contributed by atoms with van der Waals surface area (Å²) in [4.78, 5) is 21.8. The number of hydrogen-bond donors (Lipinski definition) is 0. The van der Waals surface area contributed by atoms with Gasteiger partial charge in [-0.3, -0.25) is 9.36 Å². The van der Waals surface area contributed by atoms with Gasteiger partial charge in [0.2, 0.25) is 11.7 Å². The number of fused-ring (bicyclic) bond motifs is 1. The number of nitrogens with zero attached hydrogens (tertiary/aromatic N) is 7. The Kier molecular flexibility index (Phi) is 5.50. The molecule has 3 aromatic heterocycles. The lowest BCUT2D eigenvalue weighted by Crippen LogP contribution is -2.21. The van der Waals surface area contributed by atoms with E-state index in [-0.39, 0.29) is 23.5 Å². The highest BCUT2D eigenvalue weighted by molar-refractivity contribution is 5.70. The molecule has 3 heterocycles. The van der Waals surface area contributed by atoms with Gasteiger partial charge in [0.25, 0.3) is 5.56 Å². The van der Waals surface area contributed by atoms with Crippen LogP contribution in [-0.2, 0) is 13.0 Å². The number of rotatable bonds is 7. The minimum Gasteiger partial charge on any atom is -0.497 e. The van der Waals surface area contributed by atoms with Crippen molar-refractivity contribution in [3.8, 4) is 28.6 Å². The summed E-state index contributed by atoms with van der Waals surface area (Å²) in [7, 11) is 3.12. The molecule has 5 rings (SSSR count). The van der Waals surface area contributed by atoms with Crippen molar-refractivity contribution in [3.05, 3.63) is 70.6 Å². The summed E-state index contributed by atoms with van der Waals surface area (Å²) in [6, 6.07) is 13.1. The molecule has 0 aliphatic heterocycles. The van der Waals surface area contributed by atoms with E-state index < -0.39 is 0 Å². The van der Waals surface area contributed by atoms with Crippen LogP contribution in [0.3, 0.4) is 0 Å². The molecule has 0 fully saturated rings. The summed E-state index contributed by atoms with van der Waals surface area (Å²) in [6.07, 6.45) is 2.35. The zero-order valence-corrected chi connectivity index (χ0v) is 18.8. The summed E-state index contributed by atoms with van der Waals surface area (Å²) in [5, 5.41) is 12.2. The maximum atomic E-state index is 13.0. The predicted octanol–water partition coefficient (Wildman–Crippen LogP) is 2.66. The minimum atomic E-state index is -0.358. The Bertz CT molecular complexity index is 1520. The Balaban J connectivity index is 1.44. The largest absolute Gasteiger partial charge is 0.497 e. The van der Waals surface area contributed by atoms with E-state index >= 15 is 0 Å². The van der Waals surface area contributed by atoms with Crippen LogP contribution >= 0.6 is 0 Å². The molecular weight excluding hydrogens is 438 g/mol. The van der Waals surface area contributed by atoms with E-state index in [0.29, 0.717) is 28.5 Å². The first-order valence-electron chi connectivity index (χ1n) is 10.6. The first kappa shape index (κ1) is 21.3. The molecule has 0 spiro atoms. The number of benzene rings is 2. The van der Waals surface area contributed by atoms with Crippen molar-refractivity contribution in [1.29, 1.82) is 0 Å². The topological polar surface area (TPSA) is 123 Å². The van der Waals surface area contributed by atoms with Crippen LogP contribution in [0.15, 0.2) is 58.1 Å². The molecule has 0 bridgehead atoms. The molecule has 0 radical (unpaired) electrons. The van der Waals surface area contributed by atoms with E-state index in [9.17, 15) is 4.79 Å². The molecule has 34 heavy (non-hydrogen) atoms. The second-order valence-corrected chi connectivity index (χ2v) is 7.45. The van der Waals surface area contributed by atoms with Crippen molar-refractivity contribution >= 4 is 11.2 Å². The molecule has 0 atom stereocenters. The maximum Gasteiger partial charge on any atom is 0.284 e. The summed E-state index contributed by atoms with van der Waals surface area (Å²) in [5.41, 5.74) is 2.78. The minimum absolute atomic E-state index is 0.0330. The van der Waals surface area contributed by atoms with E-state index in [4.69, 9.17) is 14.0 Å². The van der Waals surface area contributed by atoms with Crippen LogP contribution in [0.25, 0.3) is 28.2 Å². The molecule has 0 aliphatic carbocycles. The summed E-state index contributed by atoms with van der Waals surface area (Å²) in [5.74, 6) is 1.75. The van der Waals surface area contributed by atoms with Crippen LogP contribution in [-0.4, -0.2) is 48.9 Å². The first-order valence-corrected chi connectivity index (χ1v) is 10.6. The fourth-order valence-corrected chi connectivity index (χ4v) is 3.56. The highest BCUT2D eigenvalue weighted by atomic mass is 16.5. The third-order valence-electron chi connectivity index (χ3n) is 5.44. The van der Waals surface area contributed by atoms with Crippen LogP contribution in [0.5, 0.6) is 11.5 Å². The van der Waals surface area contributed by atoms with Crippen molar-refractivity contribution in [2.45, 2.75) is 19.9 Å².